The molecule has 0 amide bonds. The summed E-state index contributed by atoms with van der Waals surface area (Å²) in [7, 11) is -4.12. The van der Waals surface area contributed by atoms with E-state index in [1.807, 2.05) is 0 Å². The summed E-state index contributed by atoms with van der Waals surface area (Å²) in [5.74, 6) is 0. The van der Waals surface area contributed by atoms with Gasteiger partial charge in [-0.15, -0.1) is 0 Å². The van der Waals surface area contributed by atoms with Crippen molar-refractivity contribution < 1.29 is 47.6 Å². The van der Waals surface area contributed by atoms with Crippen molar-refractivity contribution in [3.05, 3.63) is 0 Å². The number of aliphatic hydroxyl groups is 1. The van der Waals surface area contributed by atoms with Gasteiger partial charge in [0.2, 0.25) is 0 Å². The van der Waals surface area contributed by atoms with E-state index in [9.17, 15) is 18.1 Å². The largest absolute Gasteiger partial charge is 1.00 e. The Kier molecular flexibility index (Phi) is 14.7. The molecule has 19 heavy (non-hydrogen) atoms. The summed E-state index contributed by atoms with van der Waals surface area (Å²) in [5, 5.41) is 8.88. The van der Waals surface area contributed by atoms with Gasteiger partial charge in [0.05, 0.1) is 16.2 Å². The van der Waals surface area contributed by atoms with Gasteiger partial charge in [0.25, 0.3) is 0 Å². The van der Waals surface area contributed by atoms with Crippen LogP contribution < -0.4 is 29.6 Å². The summed E-state index contributed by atoms with van der Waals surface area (Å²) in [6.07, 6.45) is 7.76. The van der Waals surface area contributed by atoms with Crippen LogP contribution in [0.4, 0.5) is 0 Å². The van der Waals surface area contributed by atoms with Crippen molar-refractivity contribution in [3.63, 3.8) is 0 Å². The zero-order valence-corrected chi connectivity index (χ0v) is 15.4. The van der Waals surface area contributed by atoms with Crippen molar-refractivity contribution in [1.29, 1.82) is 0 Å². The van der Waals surface area contributed by atoms with Crippen LogP contribution in [0.2, 0.25) is 0 Å². The van der Waals surface area contributed by atoms with E-state index in [1.54, 1.807) is 0 Å². The van der Waals surface area contributed by atoms with Crippen LogP contribution in [0.25, 0.3) is 0 Å². The van der Waals surface area contributed by atoms with Crippen molar-refractivity contribution in [2.45, 2.75) is 83.0 Å². The molecule has 0 aromatic rings. The van der Waals surface area contributed by atoms with Crippen molar-refractivity contribution in [3.8, 4) is 0 Å². The van der Waals surface area contributed by atoms with Gasteiger partial charge in [-0.05, 0) is 26.2 Å². The zero-order chi connectivity index (χ0) is 14.0. The van der Waals surface area contributed by atoms with Crippen molar-refractivity contribution in [1.82, 2.24) is 0 Å². The maximum Gasteiger partial charge on any atom is 1.00 e. The molecule has 6 heteroatoms. The molecule has 2 unspecified atom stereocenters. The average molecular weight is 302 g/mol. The number of unbranched alkanes of at least 4 members (excludes halogenated alkanes) is 4. The minimum atomic E-state index is -4.12. The SMILES string of the molecule is CCCCCC(O)CCCCCC(C)S(=O)(=O)[O-].[Na+]. The van der Waals surface area contributed by atoms with Crippen LogP contribution in [0.1, 0.15) is 71.6 Å². The molecule has 0 bridgehead atoms. The molecule has 0 aliphatic rings. The zero-order valence-electron chi connectivity index (χ0n) is 12.6. The predicted octanol–water partition coefficient (Wildman–Crippen LogP) is -0.184. The van der Waals surface area contributed by atoms with Crippen LogP contribution >= 0.6 is 0 Å². The fraction of sp³-hybridized carbons (Fsp3) is 1.00. The monoisotopic (exact) mass is 302 g/mol. The van der Waals surface area contributed by atoms with E-state index < -0.39 is 15.4 Å². The van der Waals surface area contributed by atoms with Gasteiger partial charge in [-0.2, -0.15) is 0 Å². The predicted molar refractivity (Wildman–Crippen MR) is 72.4 cm³/mol. The van der Waals surface area contributed by atoms with E-state index in [2.05, 4.69) is 6.92 Å². The van der Waals surface area contributed by atoms with E-state index in [0.717, 1.165) is 51.4 Å². The Labute approximate surface area is 140 Å². The van der Waals surface area contributed by atoms with Gasteiger partial charge >= 0.3 is 29.6 Å². The topological polar surface area (TPSA) is 77.4 Å². The summed E-state index contributed by atoms with van der Waals surface area (Å²) in [6.45, 7) is 3.60. The smallest absolute Gasteiger partial charge is 0.748 e. The Morgan fingerprint density at radius 2 is 1.47 bits per heavy atom. The third-order valence-corrected chi connectivity index (χ3v) is 4.50. The molecule has 0 aromatic carbocycles. The van der Waals surface area contributed by atoms with Gasteiger partial charge in [0.15, 0.2) is 0 Å². The molecule has 0 aromatic heterocycles. The van der Waals surface area contributed by atoms with Crippen LogP contribution in [0.5, 0.6) is 0 Å². The Balaban J connectivity index is 0. The van der Waals surface area contributed by atoms with Gasteiger partial charge in [0.1, 0.15) is 0 Å². The van der Waals surface area contributed by atoms with Crippen molar-refractivity contribution >= 4 is 10.1 Å². The minimum Gasteiger partial charge on any atom is -0.748 e. The summed E-state index contributed by atoms with van der Waals surface area (Å²) in [4.78, 5) is 0. The molecule has 0 saturated heterocycles. The molecule has 110 valence electrons. The van der Waals surface area contributed by atoms with Crippen LogP contribution in [-0.2, 0) is 10.1 Å². The molecule has 4 nitrogen and oxygen atoms in total. The van der Waals surface area contributed by atoms with Crippen LogP contribution in [0.3, 0.4) is 0 Å². The van der Waals surface area contributed by atoms with E-state index in [4.69, 9.17) is 0 Å². The molecule has 0 rings (SSSR count). The maximum absolute atomic E-state index is 10.7. The maximum atomic E-state index is 10.7. The van der Waals surface area contributed by atoms with E-state index in [0.29, 0.717) is 6.42 Å². The molecule has 0 heterocycles. The van der Waals surface area contributed by atoms with Crippen LogP contribution in [0, 0.1) is 0 Å². The molecule has 0 saturated carbocycles. The first-order valence-corrected chi connectivity index (χ1v) is 8.47. The van der Waals surface area contributed by atoms with Crippen molar-refractivity contribution in [2.24, 2.45) is 0 Å². The molecule has 0 aliphatic heterocycles. The fourth-order valence-electron chi connectivity index (χ4n) is 1.91. The minimum absolute atomic E-state index is 0. The van der Waals surface area contributed by atoms with Gasteiger partial charge in [-0.1, -0.05) is 45.4 Å². The number of rotatable bonds is 11. The fourth-order valence-corrected chi connectivity index (χ4v) is 2.36. The average Bonchev–Trinajstić information content (AvgIpc) is 2.27. The Morgan fingerprint density at radius 3 is 1.95 bits per heavy atom. The Hall–Kier alpha value is 0.870. The summed E-state index contributed by atoms with van der Waals surface area (Å²) < 4.78 is 32.0. The van der Waals surface area contributed by atoms with Gasteiger partial charge in [-0.25, -0.2) is 8.42 Å². The Bertz CT molecular complexity index is 293. The molecular weight excluding hydrogens is 275 g/mol. The molecule has 0 aliphatic carbocycles. The van der Waals surface area contributed by atoms with Crippen LogP contribution in [-0.4, -0.2) is 29.4 Å². The molecule has 0 spiro atoms. The summed E-state index contributed by atoms with van der Waals surface area (Å²) in [5.41, 5.74) is 0. The first-order chi connectivity index (χ1) is 8.38. The van der Waals surface area contributed by atoms with Crippen LogP contribution in [0.15, 0.2) is 0 Å². The first kappa shape index (κ1) is 22.2. The number of hydrogen-bond donors (Lipinski definition) is 1. The Morgan fingerprint density at radius 1 is 1.00 bits per heavy atom. The third kappa shape index (κ3) is 13.6. The second-order valence-corrected chi connectivity index (χ2v) is 6.88. The second-order valence-electron chi connectivity index (χ2n) is 5.09. The third-order valence-electron chi connectivity index (χ3n) is 3.28. The molecular formula is C13H27NaO4S. The number of aliphatic hydroxyl groups excluding tert-OH is 1. The van der Waals surface area contributed by atoms with Gasteiger partial charge in [-0.3, -0.25) is 0 Å². The molecule has 0 fully saturated rings. The van der Waals surface area contributed by atoms with E-state index >= 15 is 0 Å². The normalized spacial score (nSPS) is 14.7. The van der Waals surface area contributed by atoms with E-state index in [1.165, 1.54) is 6.92 Å². The second kappa shape index (κ2) is 12.6. The van der Waals surface area contributed by atoms with E-state index in [-0.39, 0.29) is 35.7 Å². The van der Waals surface area contributed by atoms with Gasteiger partial charge in [0, 0.05) is 5.25 Å². The molecule has 0 radical (unpaired) electrons. The first-order valence-electron chi connectivity index (χ1n) is 7.00. The quantitative estimate of drug-likeness (QED) is 0.326. The standard InChI is InChI=1S/C13H28O4S.Na/c1-3-4-6-10-13(14)11-8-5-7-9-12(2)18(15,16)17;/h12-14H,3-11H2,1-2H3,(H,15,16,17);/q;+1/p-1. The van der Waals surface area contributed by atoms with Crippen molar-refractivity contribution in [2.75, 3.05) is 0 Å². The molecule has 2 atom stereocenters. The van der Waals surface area contributed by atoms with Gasteiger partial charge < -0.3 is 9.66 Å². The molecule has 1 N–H and O–H groups in total. The summed E-state index contributed by atoms with van der Waals surface area (Å²) in [6, 6.07) is 0. The summed E-state index contributed by atoms with van der Waals surface area (Å²) >= 11 is 0. The number of hydrogen-bond acceptors (Lipinski definition) is 4.